The number of alkyl halides is 2. The molecule has 0 fully saturated rings. The molecule has 1 heterocycles. The molecule has 2 N–H and O–H groups in total. The summed E-state index contributed by atoms with van der Waals surface area (Å²) in [5, 5.41) is 16.1. The lowest BCUT2D eigenvalue weighted by Gasteiger charge is -2.21. The van der Waals surface area contributed by atoms with Crippen molar-refractivity contribution in [2.24, 2.45) is 0 Å². The van der Waals surface area contributed by atoms with Crippen LogP contribution in [0.2, 0.25) is 0 Å². The predicted octanol–water partition coefficient (Wildman–Crippen LogP) is 1.26. The van der Waals surface area contributed by atoms with Crippen molar-refractivity contribution < 1.29 is 18.7 Å². The van der Waals surface area contributed by atoms with Crippen molar-refractivity contribution in [1.82, 2.24) is 15.1 Å². The Kier molecular flexibility index (Phi) is 4.06. The largest absolute Gasteiger partial charge is 0.395 e. The van der Waals surface area contributed by atoms with Crippen molar-refractivity contribution in [3.8, 4) is 0 Å². The van der Waals surface area contributed by atoms with E-state index in [0.717, 1.165) is 15.8 Å². The highest BCUT2D eigenvalue weighted by Crippen LogP contribution is 2.15. The van der Waals surface area contributed by atoms with Crippen LogP contribution in [0.3, 0.4) is 0 Å². The van der Waals surface area contributed by atoms with Crippen molar-refractivity contribution in [2.45, 2.75) is 6.43 Å². The molecule has 0 radical (unpaired) electrons. The number of rotatable bonds is 5. The summed E-state index contributed by atoms with van der Waals surface area (Å²) in [6.07, 6.45) is -1.08. The van der Waals surface area contributed by atoms with Gasteiger partial charge in [0.25, 0.3) is 12.3 Å². The van der Waals surface area contributed by atoms with Crippen LogP contribution in [0.15, 0.2) is 24.4 Å². The number of aliphatic hydroxyl groups excluding tert-OH is 1. The third kappa shape index (κ3) is 3.05. The molecule has 0 saturated heterocycles. The van der Waals surface area contributed by atoms with Gasteiger partial charge in [-0.05, 0) is 18.2 Å². The first-order valence-corrected chi connectivity index (χ1v) is 5.73. The van der Waals surface area contributed by atoms with E-state index in [1.807, 2.05) is 0 Å². The number of hydrogen-bond donors (Lipinski definition) is 2. The lowest BCUT2D eigenvalue weighted by atomic mass is 10.1. The lowest BCUT2D eigenvalue weighted by molar-refractivity contribution is 0.0509. The van der Waals surface area contributed by atoms with Gasteiger partial charge in [0, 0.05) is 17.5 Å². The maximum absolute atomic E-state index is 12.4. The molecule has 0 bridgehead atoms. The van der Waals surface area contributed by atoms with Gasteiger partial charge in [-0.1, -0.05) is 0 Å². The van der Waals surface area contributed by atoms with Crippen molar-refractivity contribution in [3.05, 3.63) is 30.0 Å². The fraction of sp³-hybridized carbons (Fsp3) is 0.333. The summed E-state index contributed by atoms with van der Waals surface area (Å²) in [5.74, 6) is -0.530. The Balaban J connectivity index is 2.24. The third-order valence-corrected chi connectivity index (χ3v) is 2.70. The number of aromatic nitrogens is 2. The van der Waals surface area contributed by atoms with Crippen molar-refractivity contribution in [3.63, 3.8) is 0 Å². The summed E-state index contributed by atoms with van der Waals surface area (Å²) in [6, 6.07) is 4.78. The van der Waals surface area contributed by atoms with Gasteiger partial charge in [0.2, 0.25) is 0 Å². The molecule has 0 aliphatic heterocycles. The molecule has 0 aliphatic carbocycles. The van der Waals surface area contributed by atoms with E-state index < -0.39 is 18.9 Å². The summed E-state index contributed by atoms with van der Waals surface area (Å²) in [4.78, 5) is 13.0. The standard InChI is InChI=1S/C12H13F2N3O2/c13-11(14)7-17(3-4-18)12(19)8-1-2-10-9(5-8)6-15-16-10/h1-2,5-6,11,18H,3-4,7H2,(H,15,16). The molecule has 0 unspecified atom stereocenters. The topological polar surface area (TPSA) is 69.2 Å². The Morgan fingerprint density at radius 3 is 2.95 bits per heavy atom. The molecule has 0 aliphatic rings. The van der Waals surface area contributed by atoms with Gasteiger partial charge in [0.05, 0.1) is 24.9 Å². The van der Waals surface area contributed by atoms with Crippen molar-refractivity contribution in [2.75, 3.05) is 19.7 Å². The van der Waals surface area contributed by atoms with E-state index in [-0.39, 0.29) is 13.2 Å². The Labute approximate surface area is 107 Å². The van der Waals surface area contributed by atoms with Crippen LogP contribution < -0.4 is 0 Å². The van der Waals surface area contributed by atoms with E-state index in [1.165, 1.54) is 0 Å². The normalized spacial score (nSPS) is 11.2. The number of nitrogens with one attached hydrogen (secondary N) is 1. The van der Waals surface area contributed by atoms with E-state index in [9.17, 15) is 13.6 Å². The number of carbonyl (C=O) groups is 1. The van der Waals surface area contributed by atoms with Crippen molar-refractivity contribution in [1.29, 1.82) is 0 Å². The third-order valence-electron chi connectivity index (χ3n) is 2.70. The maximum atomic E-state index is 12.4. The zero-order valence-electron chi connectivity index (χ0n) is 10.0. The second kappa shape index (κ2) is 5.75. The molecular weight excluding hydrogens is 256 g/mol. The minimum absolute atomic E-state index is 0.118. The Hall–Kier alpha value is -2.02. The molecule has 0 atom stereocenters. The predicted molar refractivity (Wildman–Crippen MR) is 65.1 cm³/mol. The Morgan fingerprint density at radius 1 is 1.47 bits per heavy atom. The maximum Gasteiger partial charge on any atom is 0.255 e. The highest BCUT2D eigenvalue weighted by Gasteiger charge is 2.19. The van der Waals surface area contributed by atoms with E-state index in [1.54, 1.807) is 24.4 Å². The summed E-state index contributed by atoms with van der Waals surface area (Å²) < 4.78 is 24.8. The highest BCUT2D eigenvalue weighted by atomic mass is 19.3. The van der Waals surface area contributed by atoms with Crippen LogP contribution in [-0.4, -0.2) is 52.2 Å². The SMILES string of the molecule is O=C(c1ccc2[nH]ncc2c1)N(CCO)CC(F)F. The van der Waals surface area contributed by atoms with Crippen LogP contribution in [0.25, 0.3) is 10.9 Å². The first-order chi connectivity index (χ1) is 9.11. The number of carbonyl (C=O) groups excluding carboxylic acids is 1. The van der Waals surface area contributed by atoms with Crippen LogP contribution in [0.5, 0.6) is 0 Å². The molecule has 102 valence electrons. The number of hydrogen-bond acceptors (Lipinski definition) is 3. The van der Waals surface area contributed by atoms with Crippen LogP contribution in [0.4, 0.5) is 8.78 Å². The minimum Gasteiger partial charge on any atom is -0.395 e. The summed E-state index contributed by atoms with van der Waals surface area (Å²) in [5.41, 5.74) is 1.06. The number of aromatic amines is 1. The molecule has 5 nitrogen and oxygen atoms in total. The molecule has 1 amide bonds. The molecule has 1 aromatic carbocycles. The second-order valence-corrected chi connectivity index (χ2v) is 4.04. The van der Waals surface area contributed by atoms with E-state index in [2.05, 4.69) is 10.2 Å². The zero-order valence-corrected chi connectivity index (χ0v) is 10.0. The zero-order chi connectivity index (χ0) is 13.8. The average Bonchev–Trinajstić information content (AvgIpc) is 2.84. The average molecular weight is 269 g/mol. The lowest BCUT2D eigenvalue weighted by Crippen LogP contribution is -2.37. The number of benzene rings is 1. The first kappa shape index (κ1) is 13.4. The van der Waals surface area contributed by atoms with Crippen LogP contribution >= 0.6 is 0 Å². The summed E-state index contributed by atoms with van der Waals surface area (Å²) in [7, 11) is 0. The monoisotopic (exact) mass is 269 g/mol. The van der Waals surface area contributed by atoms with Gasteiger partial charge in [-0.3, -0.25) is 9.89 Å². The van der Waals surface area contributed by atoms with Crippen LogP contribution in [0, 0.1) is 0 Å². The molecule has 1 aromatic heterocycles. The Morgan fingerprint density at radius 2 is 2.26 bits per heavy atom. The van der Waals surface area contributed by atoms with Gasteiger partial charge in [-0.25, -0.2) is 8.78 Å². The van der Waals surface area contributed by atoms with E-state index >= 15 is 0 Å². The van der Waals surface area contributed by atoms with E-state index in [4.69, 9.17) is 5.11 Å². The van der Waals surface area contributed by atoms with Gasteiger partial charge < -0.3 is 10.0 Å². The quantitative estimate of drug-likeness (QED) is 0.858. The molecule has 2 aromatic rings. The molecule has 7 heteroatoms. The van der Waals surface area contributed by atoms with Crippen LogP contribution in [-0.2, 0) is 0 Å². The number of amides is 1. The smallest absolute Gasteiger partial charge is 0.255 e. The van der Waals surface area contributed by atoms with Gasteiger partial charge >= 0.3 is 0 Å². The highest BCUT2D eigenvalue weighted by molar-refractivity contribution is 5.97. The van der Waals surface area contributed by atoms with Gasteiger partial charge in [-0.15, -0.1) is 0 Å². The van der Waals surface area contributed by atoms with Gasteiger partial charge in [0.1, 0.15) is 0 Å². The molecule has 0 saturated carbocycles. The second-order valence-electron chi connectivity index (χ2n) is 4.04. The fourth-order valence-corrected chi connectivity index (χ4v) is 1.82. The number of aliphatic hydroxyl groups is 1. The number of nitrogens with zero attached hydrogens (tertiary/aromatic N) is 2. The van der Waals surface area contributed by atoms with Gasteiger partial charge in [0.15, 0.2) is 0 Å². The summed E-state index contributed by atoms with van der Waals surface area (Å²) >= 11 is 0. The molecular formula is C12H13F2N3O2. The number of fused-ring (bicyclic) bond motifs is 1. The van der Waals surface area contributed by atoms with Crippen LogP contribution in [0.1, 0.15) is 10.4 Å². The van der Waals surface area contributed by atoms with E-state index in [0.29, 0.717) is 5.56 Å². The number of halogens is 2. The molecule has 19 heavy (non-hydrogen) atoms. The molecule has 2 rings (SSSR count). The fourth-order valence-electron chi connectivity index (χ4n) is 1.82. The minimum atomic E-state index is -2.63. The number of H-pyrrole nitrogens is 1. The summed E-state index contributed by atoms with van der Waals surface area (Å²) in [6.45, 7) is -1.16. The van der Waals surface area contributed by atoms with Crippen molar-refractivity contribution >= 4 is 16.8 Å². The molecule has 0 spiro atoms. The Bertz CT molecular complexity index is 571. The first-order valence-electron chi connectivity index (χ1n) is 5.73. The van der Waals surface area contributed by atoms with Gasteiger partial charge in [-0.2, -0.15) is 5.10 Å².